The van der Waals surface area contributed by atoms with Crippen LogP contribution in [0.15, 0.2) is 24.5 Å². The summed E-state index contributed by atoms with van der Waals surface area (Å²) >= 11 is 0. The maximum absolute atomic E-state index is 13.2. The number of hydrogen-bond donors (Lipinski definition) is 2. The van der Waals surface area contributed by atoms with E-state index in [9.17, 15) is 9.90 Å². The Kier molecular flexibility index (Phi) is 4.75. The fraction of sp³-hybridized carbons (Fsp3) is 0.700. The Morgan fingerprint density at radius 1 is 1.27 bits per heavy atom. The molecule has 0 aromatic carbocycles. The molecule has 3 aliphatic heterocycles. The molecule has 6 nitrogen and oxygen atoms in total. The summed E-state index contributed by atoms with van der Waals surface area (Å²) in [7, 11) is 2.09. The van der Waals surface area contributed by atoms with Gasteiger partial charge in [-0.25, -0.2) is 0 Å². The van der Waals surface area contributed by atoms with Gasteiger partial charge in [-0.05, 0) is 63.7 Å². The molecule has 1 atom stereocenters. The number of rotatable bonds is 2. The minimum absolute atomic E-state index is 0.00214. The monoisotopic (exact) mass is 358 g/mol. The summed E-state index contributed by atoms with van der Waals surface area (Å²) in [4.78, 5) is 21.5. The molecule has 3 saturated heterocycles. The average Bonchev–Trinajstić information content (AvgIpc) is 2.98. The van der Waals surface area contributed by atoms with Gasteiger partial charge in [0.15, 0.2) is 0 Å². The molecule has 142 valence electrons. The Bertz CT molecular complexity index is 636. The van der Waals surface area contributed by atoms with E-state index in [0.717, 1.165) is 31.6 Å². The molecule has 6 heteroatoms. The highest BCUT2D eigenvalue weighted by Crippen LogP contribution is 2.42. The maximum Gasteiger partial charge on any atom is 0.239 e. The first-order valence-corrected chi connectivity index (χ1v) is 9.84. The summed E-state index contributed by atoms with van der Waals surface area (Å²) in [6.45, 7) is 4.39. The minimum atomic E-state index is -0.858. The van der Waals surface area contributed by atoms with Gasteiger partial charge in [-0.15, -0.1) is 0 Å². The smallest absolute Gasteiger partial charge is 0.239 e. The van der Waals surface area contributed by atoms with E-state index in [1.807, 2.05) is 17.0 Å². The number of likely N-dealkylation sites (tertiary alicyclic amines) is 2. The van der Waals surface area contributed by atoms with E-state index < -0.39 is 5.60 Å². The number of nitrogens with one attached hydrogen (secondary N) is 1. The van der Waals surface area contributed by atoms with Crippen molar-refractivity contribution < 1.29 is 9.90 Å². The van der Waals surface area contributed by atoms with Crippen molar-refractivity contribution in [2.75, 3.05) is 39.8 Å². The average molecular weight is 358 g/mol. The summed E-state index contributed by atoms with van der Waals surface area (Å²) in [6, 6.07) is 3.78. The third-order valence-electron chi connectivity index (χ3n) is 6.79. The van der Waals surface area contributed by atoms with Gasteiger partial charge in [0, 0.05) is 37.6 Å². The Morgan fingerprint density at radius 3 is 2.65 bits per heavy atom. The van der Waals surface area contributed by atoms with Crippen LogP contribution in [0.3, 0.4) is 0 Å². The molecule has 0 radical (unpaired) electrons. The third-order valence-corrected chi connectivity index (χ3v) is 6.79. The van der Waals surface area contributed by atoms with Crippen LogP contribution in [0.25, 0.3) is 0 Å². The zero-order valence-corrected chi connectivity index (χ0v) is 15.7. The lowest BCUT2D eigenvalue weighted by Crippen LogP contribution is -2.50. The first-order valence-electron chi connectivity index (χ1n) is 9.84. The summed E-state index contributed by atoms with van der Waals surface area (Å²) in [5.74, 6) is 0.246. The second-order valence-electron chi connectivity index (χ2n) is 8.48. The second-order valence-corrected chi connectivity index (χ2v) is 8.48. The van der Waals surface area contributed by atoms with Crippen LogP contribution in [0.2, 0.25) is 0 Å². The van der Waals surface area contributed by atoms with Crippen LogP contribution >= 0.6 is 0 Å². The number of aromatic nitrogens is 1. The normalized spacial score (nSPS) is 28.4. The summed E-state index contributed by atoms with van der Waals surface area (Å²) < 4.78 is 0. The lowest BCUT2D eigenvalue weighted by atomic mass is 9.77. The van der Waals surface area contributed by atoms with E-state index in [4.69, 9.17) is 0 Å². The molecule has 1 aromatic rings. The topological polar surface area (TPSA) is 68.7 Å². The number of amides is 1. The highest BCUT2D eigenvalue weighted by molar-refractivity contribution is 5.82. The highest BCUT2D eigenvalue weighted by Gasteiger charge is 2.47. The van der Waals surface area contributed by atoms with Crippen molar-refractivity contribution in [3.05, 3.63) is 30.1 Å². The van der Waals surface area contributed by atoms with Crippen molar-refractivity contribution in [2.24, 2.45) is 5.41 Å². The molecule has 0 unspecified atom stereocenters. The number of pyridine rings is 1. The van der Waals surface area contributed by atoms with Crippen LogP contribution in [-0.4, -0.2) is 71.6 Å². The highest BCUT2D eigenvalue weighted by atomic mass is 16.3. The second kappa shape index (κ2) is 6.91. The lowest BCUT2D eigenvalue weighted by molar-refractivity contribution is -0.140. The van der Waals surface area contributed by atoms with Gasteiger partial charge in [0.25, 0.3) is 0 Å². The molecule has 0 saturated carbocycles. The molecule has 1 spiro atoms. The van der Waals surface area contributed by atoms with Crippen LogP contribution < -0.4 is 5.32 Å². The summed E-state index contributed by atoms with van der Waals surface area (Å²) in [5, 5.41) is 14.4. The van der Waals surface area contributed by atoms with E-state index in [0.29, 0.717) is 31.3 Å². The van der Waals surface area contributed by atoms with Crippen molar-refractivity contribution in [1.82, 2.24) is 20.1 Å². The van der Waals surface area contributed by atoms with Crippen LogP contribution in [-0.2, 0) is 10.4 Å². The Balaban J connectivity index is 1.39. The first kappa shape index (κ1) is 17.9. The van der Waals surface area contributed by atoms with Gasteiger partial charge < -0.3 is 15.3 Å². The number of nitrogens with zero attached hydrogens (tertiary/aromatic N) is 3. The maximum atomic E-state index is 13.2. The van der Waals surface area contributed by atoms with E-state index in [1.54, 1.807) is 12.4 Å². The van der Waals surface area contributed by atoms with Gasteiger partial charge >= 0.3 is 0 Å². The molecule has 3 fully saturated rings. The molecular weight excluding hydrogens is 328 g/mol. The van der Waals surface area contributed by atoms with E-state index in [1.165, 1.54) is 12.8 Å². The van der Waals surface area contributed by atoms with Crippen molar-refractivity contribution in [2.45, 2.75) is 43.7 Å². The minimum Gasteiger partial charge on any atom is -0.385 e. The molecular formula is C20H30N4O2. The predicted molar refractivity (Wildman–Crippen MR) is 99.5 cm³/mol. The quantitative estimate of drug-likeness (QED) is 0.824. The molecule has 3 aliphatic rings. The van der Waals surface area contributed by atoms with Crippen LogP contribution in [0.1, 0.15) is 37.7 Å². The summed E-state index contributed by atoms with van der Waals surface area (Å²) in [5.41, 5.74) is 0.314. The van der Waals surface area contributed by atoms with Gasteiger partial charge in [0.1, 0.15) is 0 Å². The number of aliphatic hydroxyl groups is 1. The van der Waals surface area contributed by atoms with Crippen LogP contribution in [0.4, 0.5) is 0 Å². The SMILES string of the molecule is CN1CC2(CCNCC2)C[C@H]1C(=O)N1CCC(O)(c2cccnc2)CC1. The molecule has 1 aromatic heterocycles. The summed E-state index contributed by atoms with van der Waals surface area (Å²) in [6.07, 6.45) is 7.93. The number of hydrogen-bond acceptors (Lipinski definition) is 5. The van der Waals surface area contributed by atoms with E-state index in [-0.39, 0.29) is 11.9 Å². The van der Waals surface area contributed by atoms with E-state index >= 15 is 0 Å². The third kappa shape index (κ3) is 3.26. The zero-order valence-electron chi connectivity index (χ0n) is 15.7. The fourth-order valence-corrected chi connectivity index (χ4v) is 5.10. The molecule has 0 bridgehead atoms. The van der Waals surface area contributed by atoms with Crippen molar-refractivity contribution in [3.63, 3.8) is 0 Å². The standard InChI is InChI=1S/C20H30N4O2/c1-23-15-19(4-9-21-10-5-19)13-17(23)18(25)24-11-6-20(26,7-12-24)16-3-2-8-22-14-16/h2-3,8,14,17,21,26H,4-7,9-13,15H2,1H3/t17-/m0/s1. The van der Waals surface area contributed by atoms with Crippen molar-refractivity contribution in [1.29, 1.82) is 0 Å². The number of likely N-dealkylation sites (N-methyl/N-ethyl adjacent to an activating group) is 1. The Hall–Kier alpha value is -1.50. The molecule has 4 rings (SSSR count). The van der Waals surface area contributed by atoms with E-state index in [2.05, 4.69) is 22.2 Å². The molecule has 2 N–H and O–H groups in total. The lowest BCUT2D eigenvalue weighted by Gasteiger charge is -2.40. The number of carbonyl (C=O) groups is 1. The fourth-order valence-electron chi connectivity index (χ4n) is 5.10. The largest absolute Gasteiger partial charge is 0.385 e. The van der Waals surface area contributed by atoms with Crippen LogP contribution in [0, 0.1) is 5.41 Å². The van der Waals surface area contributed by atoms with Gasteiger partial charge in [0.05, 0.1) is 11.6 Å². The van der Waals surface area contributed by atoms with Gasteiger partial charge in [-0.3, -0.25) is 14.7 Å². The van der Waals surface area contributed by atoms with Gasteiger partial charge in [-0.2, -0.15) is 0 Å². The predicted octanol–water partition coefficient (Wildman–Crippen LogP) is 0.966. The van der Waals surface area contributed by atoms with Crippen molar-refractivity contribution in [3.8, 4) is 0 Å². The van der Waals surface area contributed by atoms with Gasteiger partial charge in [-0.1, -0.05) is 6.07 Å². The number of carbonyl (C=O) groups excluding carboxylic acids is 1. The first-order chi connectivity index (χ1) is 12.5. The number of piperidine rings is 2. The molecule has 26 heavy (non-hydrogen) atoms. The molecule has 0 aliphatic carbocycles. The Morgan fingerprint density at radius 2 is 2.00 bits per heavy atom. The Labute approximate surface area is 155 Å². The zero-order chi connectivity index (χ0) is 18.2. The van der Waals surface area contributed by atoms with Crippen LogP contribution in [0.5, 0.6) is 0 Å². The van der Waals surface area contributed by atoms with Gasteiger partial charge in [0.2, 0.25) is 5.91 Å². The van der Waals surface area contributed by atoms with Crippen molar-refractivity contribution >= 4 is 5.91 Å². The molecule has 1 amide bonds. The molecule has 4 heterocycles.